The van der Waals surface area contributed by atoms with Gasteiger partial charge >= 0.3 is 17.9 Å². The Morgan fingerprint density at radius 1 is 0.266 bits per heavy atom. The molecule has 1 unspecified atom stereocenters. The van der Waals surface area contributed by atoms with Crippen molar-refractivity contribution in [2.75, 3.05) is 13.2 Å². The van der Waals surface area contributed by atoms with E-state index in [1.807, 2.05) is 12.2 Å². The molecule has 6 heteroatoms. The molecule has 6 nitrogen and oxygen atoms in total. The number of rotatable bonds is 55. The summed E-state index contributed by atoms with van der Waals surface area (Å²) in [4.78, 5) is 38.3. The highest BCUT2D eigenvalue weighted by Gasteiger charge is 2.19. The van der Waals surface area contributed by atoms with Crippen LogP contribution < -0.4 is 0 Å². The molecule has 0 rings (SSSR count). The molecule has 1 atom stereocenters. The molecule has 0 aliphatic rings. The van der Waals surface area contributed by atoms with Gasteiger partial charge in [-0.25, -0.2) is 0 Å². The lowest BCUT2D eigenvalue weighted by Gasteiger charge is -2.18. The van der Waals surface area contributed by atoms with Gasteiger partial charge in [0.1, 0.15) is 13.2 Å². The average Bonchev–Trinajstić information content (AvgIpc) is 3.45. The van der Waals surface area contributed by atoms with Crippen molar-refractivity contribution in [2.45, 2.75) is 258 Å². The predicted molar refractivity (Wildman–Crippen MR) is 343 cm³/mol. The summed E-state index contributed by atoms with van der Waals surface area (Å²) in [6, 6.07) is 0. The first-order valence-electron chi connectivity index (χ1n) is 31.6. The van der Waals surface area contributed by atoms with E-state index in [-0.39, 0.29) is 31.6 Å². The van der Waals surface area contributed by atoms with E-state index in [0.29, 0.717) is 19.3 Å². The van der Waals surface area contributed by atoms with Crippen LogP contribution in [0.25, 0.3) is 0 Å². The van der Waals surface area contributed by atoms with E-state index in [1.54, 1.807) is 0 Å². The van der Waals surface area contributed by atoms with Gasteiger partial charge in [0.05, 0.1) is 0 Å². The molecule has 0 aromatic heterocycles. The molecule has 79 heavy (non-hydrogen) atoms. The third-order valence-corrected chi connectivity index (χ3v) is 12.7. The Bertz CT molecular complexity index is 1820. The lowest BCUT2D eigenvalue weighted by atomic mass is 10.1. The number of carbonyl (C=O) groups is 3. The highest BCUT2D eigenvalue weighted by atomic mass is 16.6. The van der Waals surface area contributed by atoms with Crippen LogP contribution in [-0.4, -0.2) is 37.2 Å². The van der Waals surface area contributed by atoms with Gasteiger partial charge in [0, 0.05) is 19.3 Å². The van der Waals surface area contributed by atoms with Gasteiger partial charge in [0.15, 0.2) is 6.10 Å². The molecule has 0 fully saturated rings. The molecule has 0 aliphatic heterocycles. The monoisotopic (exact) mass is 1090 g/mol. The summed E-state index contributed by atoms with van der Waals surface area (Å²) in [6.45, 7) is 6.30. The van der Waals surface area contributed by atoms with Crippen LogP contribution >= 0.6 is 0 Å². The Hall–Kier alpha value is -5.23. The minimum Gasteiger partial charge on any atom is -0.462 e. The highest BCUT2D eigenvalue weighted by Crippen LogP contribution is 2.14. The fourth-order valence-electron chi connectivity index (χ4n) is 8.03. The molecule has 0 radical (unpaired) electrons. The van der Waals surface area contributed by atoms with Crippen LogP contribution in [0, 0.1) is 0 Å². The molecule has 442 valence electrons. The van der Waals surface area contributed by atoms with Crippen molar-refractivity contribution in [2.24, 2.45) is 0 Å². The summed E-state index contributed by atoms with van der Waals surface area (Å²) < 4.78 is 16.8. The maximum Gasteiger partial charge on any atom is 0.306 e. The molecule has 0 bridgehead atoms. The van der Waals surface area contributed by atoms with Crippen LogP contribution in [0.2, 0.25) is 0 Å². The third-order valence-electron chi connectivity index (χ3n) is 12.7. The van der Waals surface area contributed by atoms with Crippen LogP contribution in [0.5, 0.6) is 0 Å². The van der Waals surface area contributed by atoms with Crippen molar-refractivity contribution in [3.63, 3.8) is 0 Å². The van der Waals surface area contributed by atoms with Crippen molar-refractivity contribution < 1.29 is 28.6 Å². The summed E-state index contributed by atoms with van der Waals surface area (Å²) in [5, 5.41) is 0. The smallest absolute Gasteiger partial charge is 0.306 e. The van der Waals surface area contributed by atoms with E-state index in [1.165, 1.54) is 70.6 Å². The first-order chi connectivity index (χ1) is 39.0. The van der Waals surface area contributed by atoms with Crippen molar-refractivity contribution in [1.29, 1.82) is 0 Å². The first-order valence-corrected chi connectivity index (χ1v) is 31.6. The average molecular weight is 1090 g/mol. The quantitative estimate of drug-likeness (QED) is 0.0261. The van der Waals surface area contributed by atoms with Gasteiger partial charge < -0.3 is 14.2 Å². The number of hydrogen-bond acceptors (Lipinski definition) is 6. The molecule has 0 aromatic rings. The number of unbranched alkanes of at least 4 members (excludes halogenated alkanes) is 16. The molecule has 0 aromatic carbocycles. The van der Waals surface area contributed by atoms with Crippen molar-refractivity contribution >= 4 is 17.9 Å². The Labute approximate surface area is 485 Å². The van der Waals surface area contributed by atoms with Gasteiger partial charge in [-0.15, -0.1) is 0 Å². The molecular formula is C73H114O6. The van der Waals surface area contributed by atoms with Crippen LogP contribution in [0.4, 0.5) is 0 Å². The van der Waals surface area contributed by atoms with Crippen molar-refractivity contribution in [3.05, 3.63) is 170 Å². The van der Waals surface area contributed by atoms with E-state index in [9.17, 15) is 14.4 Å². The third kappa shape index (κ3) is 63.5. The molecule has 0 spiro atoms. The Morgan fingerprint density at radius 2 is 0.519 bits per heavy atom. The lowest BCUT2D eigenvalue weighted by molar-refractivity contribution is -0.166. The van der Waals surface area contributed by atoms with Crippen LogP contribution in [0.1, 0.15) is 252 Å². The van der Waals surface area contributed by atoms with Gasteiger partial charge in [-0.05, 0) is 141 Å². The molecular weight excluding hydrogens is 973 g/mol. The summed E-state index contributed by atoms with van der Waals surface area (Å²) in [7, 11) is 0. The number of allylic oxidation sites excluding steroid dienone is 28. The lowest BCUT2D eigenvalue weighted by Crippen LogP contribution is -2.30. The van der Waals surface area contributed by atoms with E-state index in [4.69, 9.17) is 14.2 Å². The number of carbonyl (C=O) groups excluding carboxylic acids is 3. The molecule has 0 heterocycles. The Morgan fingerprint density at radius 3 is 0.823 bits per heavy atom. The van der Waals surface area contributed by atoms with Crippen LogP contribution in [0.3, 0.4) is 0 Å². The normalized spacial score (nSPS) is 13.3. The minimum absolute atomic E-state index is 0.127. The summed E-state index contributed by atoms with van der Waals surface area (Å²) in [6.07, 6.45) is 96.4. The van der Waals surface area contributed by atoms with Crippen LogP contribution in [0.15, 0.2) is 170 Å². The molecule has 0 saturated carbocycles. The van der Waals surface area contributed by atoms with Gasteiger partial charge in [0.2, 0.25) is 0 Å². The Balaban J connectivity index is 4.58. The SMILES string of the molecule is CC/C=C\C/C=C\C/C=C\C/C=C\C/C=C\C/C=C\CCCCCCC(=O)OCC(COC(=O)CCCCCCCCCCC/C=C\C/C=C\CCCCC)OC(=O)CC/C=C\C/C=C\C/C=C\C/C=C\C/C=C\C/C=C\CC. The van der Waals surface area contributed by atoms with Gasteiger partial charge in [-0.1, -0.05) is 262 Å². The maximum atomic E-state index is 12.9. The van der Waals surface area contributed by atoms with E-state index in [2.05, 4.69) is 179 Å². The van der Waals surface area contributed by atoms with Crippen LogP contribution in [-0.2, 0) is 28.6 Å². The van der Waals surface area contributed by atoms with Crippen molar-refractivity contribution in [3.8, 4) is 0 Å². The number of ether oxygens (including phenoxy) is 3. The zero-order chi connectivity index (χ0) is 57.1. The van der Waals surface area contributed by atoms with Gasteiger partial charge in [0.25, 0.3) is 0 Å². The Kier molecular flexibility index (Phi) is 61.0. The van der Waals surface area contributed by atoms with Gasteiger partial charge in [-0.2, -0.15) is 0 Å². The molecule has 0 aliphatic carbocycles. The zero-order valence-electron chi connectivity index (χ0n) is 50.6. The molecule has 0 amide bonds. The first kappa shape index (κ1) is 73.8. The minimum atomic E-state index is -0.842. The predicted octanol–water partition coefficient (Wildman–Crippen LogP) is 21.9. The second-order valence-corrected chi connectivity index (χ2v) is 20.2. The highest BCUT2D eigenvalue weighted by molar-refractivity contribution is 5.71. The second kappa shape index (κ2) is 65.3. The second-order valence-electron chi connectivity index (χ2n) is 20.2. The molecule has 0 saturated heterocycles. The maximum absolute atomic E-state index is 12.9. The largest absolute Gasteiger partial charge is 0.462 e. The summed E-state index contributed by atoms with van der Waals surface area (Å²) in [5.74, 6) is -1.05. The van der Waals surface area contributed by atoms with E-state index >= 15 is 0 Å². The zero-order valence-corrected chi connectivity index (χ0v) is 50.6. The van der Waals surface area contributed by atoms with E-state index < -0.39 is 12.1 Å². The fraction of sp³-hybridized carbons (Fsp3) is 0.575. The standard InChI is InChI=1S/C73H114O6/c1-4-7-10-13-16-19-22-25-28-31-34-35-36-37-40-42-45-48-51-54-57-60-63-66-72(75)78-69-70(79-73(76)67-64-61-58-55-52-49-46-43-39-33-30-27-24-21-18-15-12-9-6-3)68-77-71(74)65-62-59-56-53-50-47-44-41-38-32-29-26-23-20-17-14-11-8-5-2/h7,9-10,12,16-21,25-30,34-35,37,39-40,43,45,48-49,52,58,61,70H,4-6,8,11,13-15,22-24,31-33,36,38,41-42,44,46-47,50-51,53-57,59-60,62-69H2,1-3H3/b10-7-,12-9-,19-16-,20-17-,21-18-,28-25-,29-26-,30-27-,35-34-,40-37-,43-39-,48-45-,52-49-,61-58-. The molecule has 0 N–H and O–H groups in total. The summed E-state index contributed by atoms with van der Waals surface area (Å²) >= 11 is 0. The van der Waals surface area contributed by atoms with Crippen molar-refractivity contribution in [1.82, 2.24) is 0 Å². The van der Waals surface area contributed by atoms with Gasteiger partial charge in [-0.3, -0.25) is 14.4 Å². The van der Waals surface area contributed by atoms with E-state index in [0.717, 1.165) is 135 Å². The summed E-state index contributed by atoms with van der Waals surface area (Å²) in [5.41, 5.74) is 0. The topological polar surface area (TPSA) is 78.9 Å². The fourth-order valence-corrected chi connectivity index (χ4v) is 8.03. The number of esters is 3. The number of hydrogen-bond donors (Lipinski definition) is 0.